The predicted octanol–water partition coefficient (Wildman–Crippen LogP) is 2.27. The minimum atomic E-state index is -2.31. The van der Waals surface area contributed by atoms with Gasteiger partial charge in [-0.25, -0.2) is 14.9 Å². The van der Waals surface area contributed by atoms with E-state index in [0.717, 1.165) is 16.3 Å². The molecule has 1 aromatic heterocycles. The Labute approximate surface area is 207 Å². The van der Waals surface area contributed by atoms with E-state index in [1.165, 1.54) is 20.4 Å². The molecule has 2 N–H and O–H groups in total. The number of methoxy groups -OCH3 is 2. The first-order valence-corrected chi connectivity index (χ1v) is 10.8. The van der Waals surface area contributed by atoms with Gasteiger partial charge in [-0.2, -0.15) is 0 Å². The van der Waals surface area contributed by atoms with Gasteiger partial charge in [0.25, 0.3) is 5.91 Å². The van der Waals surface area contributed by atoms with Gasteiger partial charge in [-0.05, 0) is 26.3 Å². The molecule has 1 heterocycles. The minimum absolute atomic E-state index is 0.0355. The zero-order chi connectivity index (χ0) is 27.6. The molecule has 0 atom stereocenters. The lowest BCUT2D eigenvalue weighted by atomic mass is 10.2. The normalized spacial score (nSPS) is 12.5. The molecule has 2 aromatic rings. The van der Waals surface area contributed by atoms with Crippen molar-refractivity contribution >= 4 is 12.0 Å². The highest BCUT2D eigenvalue weighted by Gasteiger charge is 2.23. The number of aromatic nitrogens is 1. The molecular weight excluding hydrogens is 458 g/mol. The van der Waals surface area contributed by atoms with Crippen molar-refractivity contribution in [1.29, 1.82) is 0 Å². The summed E-state index contributed by atoms with van der Waals surface area (Å²) >= 11 is 0. The van der Waals surface area contributed by atoms with Gasteiger partial charge in [-0.1, -0.05) is 30.3 Å². The third-order valence-electron chi connectivity index (χ3n) is 4.27. The topological polar surface area (TPSA) is 126 Å². The van der Waals surface area contributed by atoms with Gasteiger partial charge in [0.1, 0.15) is 12.2 Å². The van der Waals surface area contributed by atoms with Crippen LogP contribution in [-0.2, 0) is 25.6 Å². The zero-order valence-electron chi connectivity index (χ0n) is 22.5. The summed E-state index contributed by atoms with van der Waals surface area (Å²) in [4.78, 5) is 38.3. The average molecular weight is 494 g/mol. The molecule has 0 bridgehead atoms. The lowest BCUT2D eigenvalue weighted by Gasteiger charge is -2.22. The molecule has 0 aliphatic rings. The Kier molecular flexibility index (Phi) is 9.51. The van der Waals surface area contributed by atoms with Gasteiger partial charge >= 0.3 is 6.09 Å². The molecule has 11 nitrogen and oxygen atoms in total. The van der Waals surface area contributed by atoms with Crippen LogP contribution >= 0.6 is 0 Å². The second-order valence-electron chi connectivity index (χ2n) is 8.15. The van der Waals surface area contributed by atoms with Crippen molar-refractivity contribution < 1.29 is 36.0 Å². The standard InChI is InChI=1S/C24H33N3O8/c1-24(2,3)35-23(30)26-27-13-11-18(28)21(34-15-17-9-7-6-8-10-17)20(27)22(29)25-12-14-33-16-19(31-4)32-5/h6-11,13,19H,12,14-16H2,1-5H3,(H,25,29)(H,26,30)/i14D2. The van der Waals surface area contributed by atoms with Crippen LogP contribution in [-0.4, -0.2) is 62.5 Å². The van der Waals surface area contributed by atoms with Crippen LogP contribution in [0.1, 0.15) is 39.6 Å². The average Bonchev–Trinajstić information content (AvgIpc) is 2.82. The quantitative estimate of drug-likeness (QED) is 0.431. The fourth-order valence-electron chi connectivity index (χ4n) is 2.70. The molecule has 0 spiro atoms. The highest BCUT2D eigenvalue weighted by atomic mass is 16.7. The lowest BCUT2D eigenvalue weighted by Crippen LogP contribution is -2.38. The monoisotopic (exact) mass is 493 g/mol. The van der Waals surface area contributed by atoms with Crippen molar-refractivity contribution in [3.63, 3.8) is 0 Å². The summed E-state index contributed by atoms with van der Waals surface area (Å²) < 4.78 is 43.0. The predicted molar refractivity (Wildman–Crippen MR) is 128 cm³/mol. The van der Waals surface area contributed by atoms with E-state index < -0.39 is 42.4 Å². The number of amides is 2. The summed E-state index contributed by atoms with van der Waals surface area (Å²) in [6.45, 7) is 1.82. The highest BCUT2D eigenvalue weighted by Crippen LogP contribution is 2.16. The number of hydrogen-bond donors (Lipinski definition) is 2. The number of carbonyl (C=O) groups excluding carboxylic acids is 2. The van der Waals surface area contributed by atoms with E-state index in [2.05, 4.69) is 10.7 Å². The minimum Gasteiger partial charge on any atom is -0.482 e. The van der Waals surface area contributed by atoms with Crippen molar-refractivity contribution in [3.8, 4) is 5.75 Å². The van der Waals surface area contributed by atoms with E-state index in [4.69, 9.17) is 26.4 Å². The smallest absolute Gasteiger partial charge is 0.426 e. The fraction of sp³-hybridized carbons (Fsp3) is 0.458. The molecule has 2 amide bonds. The van der Waals surface area contributed by atoms with Crippen molar-refractivity contribution in [1.82, 2.24) is 9.99 Å². The Morgan fingerprint density at radius 2 is 1.80 bits per heavy atom. The summed E-state index contributed by atoms with van der Waals surface area (Å²) in [5.41, 5.74) is 1.31. The SMILES string of the molecule is [2H]C([2H])(CNC(=O)c1c(OCc2ccccc2)c(=O)ccn1NC(=O)OC(C)(C)C)OCC(OC)OC. The Morgan fingerprint density at radius 1 is 1.11 bits per heavy atom. The molecule has 1 aromatic carbocycles. The maximum atomic E-state index is 13.2. The second kappa shape index (κ2) is 13.5. The van der Waals surface area contributed by atoms with Crippen molar-refractivity contribution in [3.05, 3.63) is 64.1 Å². The fourth-order valence-corrected chi connectivity index (χ4v) is 2.70. The van der Waals surface area contributed by atoms with E-state index in [9.17, 15) is 14.4 Å². The van der Waals surface area contributed by atoms with E-state index in [-0.39, 0.29) is 24.7 Å². The maximum Gasteiger partial charge on any atom is 0.426 e. The summed E-state index contributed by atoms with van der Waals surface area (Å²) in [5, 5.41) is 2.37. The molecule has 35 heavy (non-hydrogen) atoms. The van der Waals surface area contributed by atoms with Gasteiger partial charge in [-0.15, -0.1) is 0 Å². The van der Waals surface area contributed by atoms with E-state index in [1.807, 2.05) is 6.07 Å². The Morgan fingerprint density at radius 3 is 2.43 bits per heavy atom. The first-order valence-electron chi connectivity index (χ1n) is 11.8. The van der Waals surface area contributed by atoms with Crippen LogP contribution in [0.2, 0.25) is 0 Å². The number of nitrogens with one attached hydrogen (secondary N) is 2. The lowest BCUT2D eigenvalue weighted by molar-refractivity contribution is -0.139. The van der Waals surface area contributed by atoms with Crippen molar-refractivity contribution in [2.24, 2.45) is 0 Å². The zero-order valence-corrected chi connectivity index (χ0v) is 20.5. The molecule has 0 aliphatic carbocycles. The van der Waals surface area contributed by atoms with Crippen LogP contribution in [0.5, 0.6) is 5.75 Å². The van der Waals surface area contributed by atoms with Crippen LogP contribution in [0.4, 0.5) is 4.79 Å². The van der Waals surface area contributed by atoms with Gasteiger partial charge in [0.05, 0.1) is 15.9 Å². The summed E-state index contributed by atoms with van der Waals surface area (Å²) in [6, 6.07) is 10.1. The van der Waals surface area contributed by atoms with Gasteiger partial charge in [0, 0.05) is 33.0 Å². The Balaban J connectivity index is 2.31. The Bertz CT molecular complexity index is 1100. The number of hydrogen-bond acceptors (Lipinski definition) is 8. The van der Waals surface area contributed by atoms with Gasteiger partial charge in [0.15, 0.2) is 17.7 Å². The third-order valence-corrected chi connectivity index (χ3v) is 4.27. The van der Waals surface area contributed by atoms with Crippen molar-refractivity contribution in [2.75, 3.05) is 39.4 Å². The molecule has 0 fully saturated rings. The third kappa shape index (κ3) is 9.39. The van der Waals surface area contributed by atoms with Crippen molar-refractivity contribution in [2.45, 2.75) is 39.3 Å². The van der Waals surface area contributed by atoms with Gasteiger partial charge in [-0.3, -0.25) is 9.59 Å². The van der Waals surface area contributed by atoms with Gasteiger partial charge in [0.2, 0.25) is 5.43 Å². The largest absolute Gasteiger partial charge is 0.482 e. The van der Waals surface area contributed by atoms with Crippen LogP contribution < -0.4 is 20.9 Å². The molecule has 192 valence electrons. The molecule has 0 aliphatic heterocycles. The molecule has 11 heteroatoms. The number of nitrogens with zero attached hydrogens (tertiary/aromatic N) is 1. The number of pyridine rings is 1. The molecule has 2 rings (SSSR count). The summed E-state index contributed by atoms with van der Waals surface area (Å²) in [5.74, 6) is -1.25. The maximum absolute atomic E-state index is 13.2. The Hall–Kier alpha value is -3.41. The molecule has 0 saturated carbocycles. The first kappa shape index (κ1) is 24.7. The highest BCUT2D eigenvalue weighted by molar-refractivity contribution is 5.96. The second-order valence-corrected chi connectivity index (χ2v) is 8.15. The van der Waals surface area contributed by atoms with E-state index in [1.54, 1.807) is 45.0 Å². The van der Waals surface area contributed by atoms with Crippen LogP contribution in [0.25, 0.3) is 0 Å². The molecule has 0 unspecified atom stereocenters. The van der Waals surface area contributed by atoms with Crippen LogP contribution in [0.15, 0.2) is 47.4 Å². The van der Waals surface area contributed by atoms with E-state index >= 15 is 0 Å². The first-order chi connectivity index (χ1) is 17.3. The summed E-state index contributed by atoms with van der Waals surface area (Å²) in [7, 11) is 2.75. The number of benzene rings is 1. The molecule has 0 radical (unpaired) electrons. The van der Waals surface area contributed by atoms with Crippen LogP contribution in [0.3, 0.4) is 0 Å². The molecule has 0 saturated heterocycles. The van der Waals surface area contributed by atoms with Crippen LogP contribution in [0, 0.1) is 0 Å². The number of carbonyl (C=O) groups is 2. The van der Waals surface area contributed by atoms with Gasteiger partial charge < -0.3 is 29.0 Å². The molecular formula is C24H33N3O8. The van der Waals surface area contributed by atoms with E-state index in [0.29, 0.717) is 0 Å². The summed E-state index contributed by atoms with van der Waals surface area (Å²) in [6.07, 6.45) is -0.521. The number of ether oxygens (including phenoxy) is 5. The number of rotatable bonds is 12.